The summed E-state index contributed by atoms with van der Waals surface area (Å²) in [6, 6.07) is 15.5. The molecule has 180 valence electrons. The van der Waals surface area contributed by atoms with Gasteiger partial charge in [0.2, 0.25) is 11.8 Å². The first-order chi connectivity index (χ1) is 16.3. The molecule has 1 aromatic heterocycles. The molecule has 0 aliphatic carbocycles. The third-order valence-electron chi connectivity index (χ3n) is 5.55. The molecule has 3 rings (SSSR count). The average molecular weight is 466 g/mol. The molecule has 0 aliphatic heterocycles. The Kier molecular flexibility index (Phi) is 8.64. The number of amides is 3. The quantitative estimate of drug-likeness (QED) is 0.256. The number of carbonyl (C=O) groups excluding carboxylic acids is 3. The van der Waals surface area contributed by atoms with E-state index in [9.17, 15) is 19.5 Å². The average Bonchev–Trinajstić information content (AvgIpc) is 3.19. The highest BCUT2D eigenvalue weighted by molar-refractivity contribution is 6.00. The molecule has 9 nitrogen and oxygen atoms in total. The highest BCUT2D eigenvalue weighted by Gasteiger charge is 2.16. The zero-order chi connectivity index (χ0) is 24.5. The van der Waals surface area contributed by atoms with Crippen LogP contribution in [0.5, 0.6) is 5.75 Å². The molecule has 0 aliphatic rings. The van der Waals surface area contributed by atoms with Crippen LogP contribution in [0.3, 0.4) is 0 Å². The van der Waals surface area contributed by atoms with Crippen molar-refractivity contribution in [2.45, 2.75) is 38.3 Å². The van der Waals surface area contributed by atoms with Crippen molar-refractivity contribution in [3.05, 3.63) is 65.9 Å². The fourth-order valence-corrected chi connectivity index (χ4v) is 3.79. The van der Waals surface area contributed by atoms with Gasteiger partial charge in [0.15, 0.2) is 0 Å². The Morgan fingerprint density at radius 2 is 1.71 bits per heavy atom. The maximum Gasteiger partial charge on any atom is 0.268 e. The van der Waals surface area contributed by atoms with Gasteiger partial charge in [0.05, 0.1) is 12.6 Å². The minimum absolute atomic E-state index is 0.174. The fourth-order valence-electron chi connectivity index (χ4n) is 3.79. The number of hydrogen-bond acceptors (Lipinski definition) is 5. The molecule has 7 N–H and O–H groups in total. The van der Waals surface area contributed by atoms with Gasteiger partial charge in [-0.3, -0.25) is 14.4 Å². The molecule has 0 saturated carbocycles. The number of aromatic nitrogens is 1. The number of benzene rings is 2. The molecule has 0 radical (unpaired) electrons. The number of nitrogens with two attached hydrogens (primary N) is 2. The second-order valence-corrected chi connectivity index (χ2v) is 8.22. The summed E-state index contributed by atoms with van der Waals surface area (Å²) in [5.41, 5.74) is 13.4. The lowest BCUT2D eigenvalue weighted by Gasteiger charge is -2.13. The molecule has 3 aromatic rings. The van der Waals surface area contributed by atoms with Crippen molar-refractivity contribution < 1.29 is 19.5 Å². The number of aryl methyl sites for hydroxylation is 1. The molecule has 1 heterocycles. The molecule has 1 unspecified atom stereocenters. The van der Waals surface area contributed by atoms with Gasteiger partial charge in [-0.2, -0.15) is 0 Å². The monoisotopic (exact) mass is 465 g/mol. The molecule has 0 fully saturated rings. The third kappa shape index (κ3) is 6.82. The lowest BCUT2D eigenvalue weighted by Crippen LogP contribution is -2.42. The smallest absolute Gasteiger partial charge is 0.268 e. The predicted molar refractivity (Wildman–Crippen MR) is 130 cm³/mol. The van der Waals surface area contributed by atoms with Crippen LogP contribution >= 0.6 is 0 Å². The van der Waals surface area contributed by atoms with E-state index in [-0.39, 0.29) is 24.1 Å². The Balaban J connectivity index is 1.46. The van der Waals surface area contributed by atoms with Gasteiger partial charge in [-0.1, -0.05) is 30.3 Å². The molecule has 9 heteroatoms. The minimum Gasteiger partial charge on any atom is -0.508 e. The number of aromatic hydroxyl groups is 1. The molecular formula is C25H31N5O4. The summed E-state index contributed by atoms with van der Waals surface area (Å²) in [4.78, 5) is 35.8. The Labute approximate surface area is 198 Å². The summed E-state index contributed by atoms with van der Waals surface area (Å²) in [6.07, 6.45) is 2.83. The summed E-state index contributed by atoms with van der Waals surface area (Å²) in [6.45, 7) is 0.927. The fraction of sp³-hybridized carbons (Fsp3) is 0.320. The van der Waals surface area contributed by atoms with E-state index in [0.29, 0.717) is 25.2 Å². The van der Waals surface area contributed by atoms with E-state index >= 15 is 0 Å². The van der Waals surface area contributed by atoms with Crippen molar-refractivity contribution in [2.75, 3.05) is 13.1 Å². The molecule has 3 amide bonds. The normalized spacial score (nSPS) is 11.8. The highest BCUT2D eigenvalue weighted by Crippen LogP contribution is 2.21. The van der Waals surface area contributed by atoms with Crippen LogP contribution in [0.15, 0.2) is 54.6 Å². The minimum atomic E-state index is -0.655. The number of rotatable bonds is 12. The summed E-state index contributed by atoms with van der Waals surface area (Å²) < 4.78 is 1.94. The molecular weight excluding hydrogens is 434 g/mol. The lowest BCUT2D eigenvalue weighted by molar-refractivity contribution is -0.122. The van der Waals surface area contributed by atoms with Gasteiger partial charge < -0.3 is 31.8 Å². The van der Waals surface area contributed by atoms with Gasteiger partial charge in [0.1, 0.15) is 11.4 Å². The van der Waals surface area contributed by atoms with Crippen LogP contribution in [0, 0.1) is 0 Å². The van der Waals surface area contributed by atoms with E-state index in [1.807, 2.05) is 28.8 Å². The number of nitrogens with one attached hydrogen (secondary N) is 2. The van der Waals surface area contributed by atoms with E-state index in [1.165, 1.54) is 0 Å². The molecule has 1 atom stereocenters. The van der Waals surface area contributed by atoms with E-state index < -0.39 is 11.9 Å². The predicted octanol–water partition coefficient (Wildman–Crippen LogP) is 1.42. The number of carbonyl (C=O) groups is 3. The van der Waals surface area contributed by atoms with Crippen LogP contribution in [-0.4, -0.2) is 46.5 Å². The number of unbranched alkanes of at least 4 members (excludes halogenated alkanes) is 2. The van der Waals surface area contributed by atoms with Crippen LogP contribution in [0.2, 0.25) is 0 Å². The largest absolute Gasteiger partial charge is 0.508 e. The van der Waals surface area contributed by atoms with Gasteiger partial charge in [-0.15, -0.1) is 0 Å². The Morgan fingerprint density at radius 1 is 0.971 bits per heavy atom. The van der Waals surface area contributed by atoms with Crippen LogP contribution < -0.4 is 22.1 Å². The van der Waals surface area contributed by atoms with Gasteiger partial charge >= 0.3 is 0 Å². The first kappa shape index (κ1) is 24.8. The van der Waals surface area contributed by atoms with Gasteiger partial charge in [-0.25, -0.2) is 0 Å². The van der Waals surface area contributed by atoms with Crippen molar-refractivity contribution in [3.63, 3.8) is 0 Å². The SMILES string of the molecule is NC(=O)CNC(=O)c1cc2ccccc2n1CCCCCNC(=O)C(N)Cc1ccc(O)cc1. The number of phenols is 1. The van der Waals surface area contributed by atoms with Crippen LogP contribution in [-0.2, 0) is 22.6 Å². The van der Waals surface area contributed by atoms with Gasteiger partial charge in [0, 0.05) is 24.0 Å². The summed E-state index contributed by atoms with van der Waals surface area (Å²) in [7, 11) is 0. The topological polar surface area (TPSA) is 152 Å². The van der Waals surface area contributed by atoms with Crippen molar-refractivity contribution >= 4 is 28.6 Å². The summed E-state index contributed by atoms with van der Waals surface area (Å²) in [5, 5.41) is 15.7. The number of para-hydroxylation sites is 1. The summed E-state index contributed by atoms with van der Waals surface area (Å²) >= 11 is 0. The van der Waals surface area contributed by atoms with Crippen LogP contribution in [0.4, 0.5) is 0 Å². The van der Waals surface area contributed by atoms with Crippen molar-refractivity contribution in [1.29, 1.82) is 0 Å². The van der Waals surface area contributed by atoms with Gasteiger partial charge in [0.25, 0.3) is 5.91 Å². The summed E-state index contributed by atoms with van der Waals surface area (Å²) in [5.74, 6) is -0.975. The second kappa shape index (κ2) is 11.9. The Morgan fingerprint density at radius 3 is 2.44 bits per heavy atom. The van der Waals surface area contributed by atoms with Crippen molar-refractivity contribution in [3.8, 4) is 5.75 Å². The first-order valence-electron chi connectivity index (χ1n) is 11.3. The standard InChI is InChI=1S/C25H31N5O4/c26-20(14-17-8-10-19(31)11-9-17)24(33)28-12-4-1-5-13-30-21-7-3-2-6-18(21)15-22(30)25(34)29-16-23(27)32/h2-3,6-11,15,20,31H,1,4-5,12-14,16,26H2,(H2,27,32)(H,28,33)(H,29,34). The third-order valence-corrected chi connectivity index (χ3v) is 5.55. The number of primary amides is 1. The second-order valence-electron chi connectivity index (χ2n) is 8.22. The molecule has 0 saturated heterocycles. The van der Waals surface area contributed by atoms with Crippen molar-refractivity contribution in [1.82, 2.24) is 15.2 Å². The van der Waals surface area contributed by atoms with Gasteiger partial charge in [-0.05, 0) is 55.5 Å². The number of hydrogen-bond donors (Lipinski definition) is 5. The lowest BCUT2D eigenvalue weighted by atomic mass is 10.1. The van der Waals surface area contributed by atoms with Crippen LogP contribution in [0.25, 0.3) is 10.9 Å². The molecule has 2 aromatic carbocycles. The van der Waals surface area contributed by atoms with Crippen LogP contribution in [0.1, 0.15) is 35.3 Å². The number of fused-ring (bicyclic) bond motifs is 1. The van der Waals surface area contributed by atoms with E-state index in [2.05, 4.69) is 10.6 Å². The van der Waals surface area contributed by atoms with E-state index in [0.717, 1.165) is 35.7 Å². The number of nitrogens with zero attached hydrogens (tertiary/aromatic N) is 1. The maximum atomic E-state index is 12.5. The first-order valence-corrected chi connectivity index (χ1v) is 11.3. The zero-order valence-electron chi connectivity index (χ0n) is 19.0. The zero-order valence-corrected chi connectivity index (χ0v) is 19.0. The number of phenolic OH excluding ortho intramolecular Hbond substituents is 1. The van der Waals surface area contributed by atoms with E-state index in [4.69, 9.17) is 11.5 Å². The Bertz CT molecular complexity index is 1140. The highest BCUT2D eigenvalue weighted by atomic mass is 16.3. The molecule has 0 spiro atoms. The Hall–Kier alpha value is -3.85. The maximum absolute atomic E-state index is 12.5. The molecule has 0 bridgehead atoms. The molecule has 34 heavy (non-hydrogen) atoms. The van der Waals surface area contributed by atoms with E-state index in [1.54, 1.807) is 30.3 Å². The van der Waals surface area contributed by atoms with Crippen molar-refractivity contribution in [2.24, 2.45) is 11.5 Å².